The van der Waals surface area contributed by atoms with Crippen LogP contribution in [0.4, 0.5) is 0 Å². The topological polar surface area (TPSA) is 9.23 Å². The number of halogens is 1. The van der Waals surface area contributed by atoms with Crippen LogP contribution in [0.2, 0.25) is 12.1 Å². The van der Waals surface area contributed by atoms with E-state index in [0.29, 0.717) is 0 Å². The molecule has 0 N–H and O–H groups in total. The van der Waals surface area contributed by atoms with Gasteiger partial charge in [0, 0.05) is 6.61 Å². The third-order valence-corrected chi connectivity index (χ3v) is 8.78. The molecule has 15 heavy (non-hydrogen) atoms. The lowest BCUT2D eigenvalue weighted by Gasteiger charge is -2.24. The van der Waals surface area contributed by atoms with Crippen LogP contribution in [0.3, 0.4) is 0 Å². The van der Waals surface area contributed by atoms with Gasteiger partial charge < -0.3 is 4.43 Å². The van der Waals surface area contributed by atoms with Gasteiger partial charge in [-0.3, -0.25) is 0 Å². The lowest BCUT2D eigenvalue weighted by atomic mass is 10.2. The Kier molecular flexibility index (Phi) is 10.3. The molecule has 1 nitrogen and oxygen atoms in total. The molecule has 0 radical (unpaired) electrons. The van der Waals surface area contributed by atoms with Gasteiger partial charge in [0.2, 0.25) is 0 Å². The molecule has 3 heteroatoms. The van der Waals surface area contributed by atoms with Gasteiger partial charge in [0.1, 0.15) is 0 Å². The smallest absolute Gasteiger partial charge is 0.263 e. The van der Waals surface area contributed by atoms with Crippen molar-refractivity contribution in [3.05, 3.63) is 0 Å². The maximum absolute atomic E-state index is 5.97. The fraction of sp³-hybridized carbons (Fsp3) is 1.00. The number of rotatable bonds is 10. The molecule has 0 fully saturated rings. The van der Waals surface area contributed by atoms with E-state index >= 15 is 0 Å². The normalized spacial score (nSPS) is 15.2. The molecule has 0 amide bonds. The van der Waals surface area contributed by atoms with Crippen LogP contribution >= 0.6 is 15.3 Å². The van der Waals surface area contributed by atoms with Gasteiger partial charge in [0.15, 0.2) is 0 Å². The van der Waals surface area contributed by atoms with E-state index in [9.17, 15) is 0 Å². The summed E-state index contributed by atoms with van der Waals surface area (Å²) in [5, 5.41) is 0. The maximum Gasteiger partial charge on any atom is 0.263 e. The summed E-state index contributed by atoms with van der Waals surface area (Å²) < 4.78 is 5.97. The van der Waals surface area contributed by atoms with E-state index in [-0.39, 0.29) is 0 Å². The van der Waals surface area contributed by atoms with E-state index in [1.54, 1.807) is 0 Å². The monoisotopic (exact) mass is 294 g/mol. The summed E-state index contributed by atoms with van der Waals surface area (Å²) in [4.78, 5) is 0. The van der Waals surface area contributed by atoms with Gasteiger partial charge in [0.05, 0.1) is 0 Å². The van der Waals surface area contributed by atoms with Crippen LogP contribution in [0.25, 0.3) is 0 Å². The van der Waals surface area contributed by atoms with Gasteiger partial charge >= 0.3 is 0 Å². The molecule has 0 aliphatic carbocycles. The molecule has 0 heterocycles. The summed E-state index contributed by atoms with van der Waals surface area (Å²) in [6, 6.07) is 2.57. The van der Waals surface area contributed by atoms with Gasteiger partial charge in [-0.2, -0.15) is 0 Å². The lowest BCUT2D eigenvalue weighted by molar-refractivity contribution is 0.334. The first-order chi connectivity index (χ1) is 7.18. The number of hydrogen-bond acceptors (Lipinski definition) is 1. The van der Waals surface area contributed by atoms with E-state index in [2.05, 4.69) is 36.1 Å². The van der Waals surface area contributed by atoms with Gasteiger partial charge in [0.25, 0.3) is 6.94 Å². The minimum absolute atomic E-state index is 0.870. The summed E-state index contributed by atoms with van der Waals surface area (Å²) in [5.74, 6) is 0. The first-order valence-electron chi connectivity index (χ1n) is 6.51. The van der Waals surface area contributed by atoms with Gasteiger partial charge in [-0.1, -0.05) is 67.7 Å². The Morgan fingerprint density at radius 3 is 2.00 bits per heavy atom. The van der Waals surface area contributed by atoms with Crippen LogP contribution in [0.5, 0.6) is 0 Å². The Morgan fingerprint density at radius 2 is 1.47 bits per heavy atom. The largest absolute Gasteiger partial charge is 0.407 e. The highest BCUT2D eigenvalue weighted by molar-refractivity contribution is 9.25. The van der Waals surface area contributed by atoms with Crippen molar-refractivity contribution in [1.29, 1.82) is 0 Å². The average Bonchev–Trinajstić information content (AvgIpc) is 2.22. The van der Waals surface area contributed by atoms with Gasteiger partial charge in [-0.25, -0.2) is 0 Å². The summed E-state index contributed by atoms with van der Waals surface area (Å²) in [5.41, 5.74) is 0. The second-order valence-electron chi connectivity index (χ2n) is 4.23. The molecule has 0 spiro atoms. The molecule has 0 rings (SSSR count). The zero-order valence-corrected chi connectivity index (χ0v) is 13.2. The molecule has 92 valence electrons. The zero-order chi connectivity index (χ0) is 11.6. The number of hydrogen-bond donors (Lipinski definition) is 0. The highest BCUT2D eigenvalue weighted by Gasteiger charge is 2.29. The lowest BCUT2D eigenvalue weighted by Crippen LogP contribution is -2.30. The van der Waals surface area contributed by atoms with Crippen molar-refractivity contribution < 1.29 is 4.43 Å². The first kappa shape index (κ1) is 15.7. The van der Waals surface area contributed by atoms with Crippen LogP contribution in [0, 0.1) is 0 Å². The van der Waals surface area contributed by atoms with Crippen molar-refractivity contribution in [1.82, 2.24) is 0 Å². The van der Waals surface area contributed by atoms with Crippen molar-refractivity contribution in [2.75, 3.05) is 6.61 Å². The van der Waals surface area contributed by atoms with Crippen LogP contribution in [-0.4, -0.2) is 13.5 Å². The minimum atomic E-state index is -1.51. The van der Waals surface area contributed by atoms with E-state index < -0.39 is 6.94 Å². The molecule has 1 unspecified atom stereocenters. The number of unbranched alkanes of at least 4 members (excludes halogenated alkanes) is 4. The van der Waals surface area contributed by atoms with Crippen LogP contribution in [-0.2, 0) is 4.43 Å². The standard InChI is InChI=1S/C12H27BrOSi/c1-4-7-9-10-12-15(13,14-6-3)11-8-5-2/h4-12H2,1-3H3. The summed E-state index contributed by atoms with van der Waals surface area (Å²) in [6.07, 6.45) is 8.00. The highest BCUT2D eigenvalue weighted by atomic mass is 79.9. The van der Waals surface area contributed by atoms with Crippen LogP contribution in [0.15, 0.2) is 0 Å². The second kappa shape index (κ2) is 9.85. The highest BCUT2D eigenvalue weighted by Crippen LogP contribution is 2.29. The summed E-state index contributed by atoms with van der Waals surface area (Å²) >= 11 is 3.92. The minimum Gasteiger partial charge on any atom is -0.407 e. The quantitative estimate of drug-likeness (QED) is 0.304. The van der Waals surface area contributed by atoms with E-state index in [0.717, 1.165) is 6.61 Å². The SMILES string of the molecule is CCCCCC[Si](Br)(CCCC)OCC. The average molecular weight is 295 g/mol. The Labute approximate surface area is 105 Å². The van der Waals surface area contributed by atoms with Gasteiger partial charge in [-0.15, -0.1) is 0 Å². The molecule has 0 aromatic rings. The van der Waals surface area contributed by atoms with Crippen LogP contribution in [0.1, 0.15) is 59.3 Å². The van der Waals surface area contributed by atoms with Crippen LogP contribution < -0.4 is 0 Å². The summed E-state index contributed by atoms with van der Waals surface area (Å²) in [7, 11) is 0. The van der Waals surface area contributed by atoms with Crippen molar-refractivity contribution >= 4 is 22.2 Å². The van der Waals surface area contributed by atoms with Crippen molar-refractivity contribution in [2.24, 2.45) is 0 Å². The Balaban J connectivity index is 3.78. The Morgan fingerprint density at radius 1 is 0.867 bits per heavy atom. The zero-order valence-electron chi connectivity index (χ0n) is 10.7. The molecule has 0 saturated carbocycles. The predicted octanol–water partition coefficient (Wildman–Crippen LogP) is 5.24. The van der Waals surface area contributed by atoms with E-state index in [1.165, 1.54) is 50.6 Å². The third-order valence-electron chi connectivity index (χ3n) is 2.71. The molecule has 0 aliphatic rings. The molecule has 0 aromatic carbocycles. The first-order valence-corrected chi connectivity index (χ1v) is 11.1. The van der Waals surface area contributed by atoms with Crippen molar-refractivity contribution in [2.45, 2.75) is 71.4 Å². The van der Waals surface area contributed by atoms with Crippen molar-refractivity contribution in [3.8, 4) is 0 Å². The van der Waals surface area contributed by atoms with Crippen molar-refractivity contribution in [3.63, 3.8) is 0 Å². The molecule has 0 saturated heterocycles. The third kappa shape index (κ3) is 8.46. The molecule has 0 bridgehead atoms. The molecule has 1 atom stereocenters. The van der Waals surface area contributed by atoms with E-state index in [1.807, 2.05) is 0 Å². The second-order valence-corrected chi connectivity index (χ2v) is 11.6. The Bertz CT molecular complexity index is 144. The molecule has 0 aliphatic heterocycles. The maximum atomic E-state index is 5.97. The Hall–Kier alpha value is 0.657. The predicted molar refractivity (Wildman–Crippen MR) is 75.0 cm³/mol. The fourth-order valence-corrected chi connectivity index (χ4v) is 6.87. The molecular formula is C12H27BrOSi. The van der Waals surface area contributed by atoms with E-state index in [4.69, 9.17) is 4.43 Å². The fourth-order valence-electron chi connectivity index (χ4n) is 1.78. The molecular weight excluding hydrogens is 268 g/mol. The summed E-state index contributed by atoms with van der Waals surface area (Å²) in [6.45, 7) is 5.99. The van der Waals surface area contributed by atoms with Gasteiger partial charge in [-0.05, 0) is 19.0 Å². The molecule has 0 aromatic heterocycles.